The van der Waals surface area contributed by atoms with E-state index in [4.69, 9.17) is 0 Å². The van der Waals surface area contributed by atoms with Crippen molar-refractivity contribution in [2.45, 2.75) is 12.8 Å². The molecule has 1 saturated heterocycles. The quantitative estimate of drug-likeness (QED) is 0.476. The number of hydrogen-bond donors (Lipinski definition) is 2. The Morgan fingerprint density at radius 1 is 1.44 bits per heavy atom. The van der Waals surface area contributed by atoms with Crippen molar-refractivity contribution in [3.8, 4) is 0 Å². The summed E-state index contributed by atoms with van der Waals surface area (Å²) in [6.07, 6.45) is 3.14. The molecule has 0 amide bonds. The molecule has 0 spiro atoms. The predicted molar refractivity (Wildman–Crippen MR) is 34.8 cm³/mol. The van der Waals surface area contributed by atoms with Gasteiger partial charge in [-0.05, 0) is 12.8 Å². The minimum absolute atomic E-state index is 0.222. The van der Waals surface area contributed by atoms with Crippen molar-refractivity contribution in [3.05, 3.63) is 0 Å². The SMILES string of the molecule is O=CC1CCCNNC1. The van der Waals surface area contributed by atoms with Crippen molar-refractivity contribution < 1.29 is 4.79 Å². The van der Waals surface area contributed by atoms with E-state index in [0.29, 0.717) is 0 Å². The molecule has 0 aliphatic carbocycles. The molecule has 0 aromatic carbocycles. The Labute approximate surface area is 54.8 Å². The maximum absolute atomic E-state index is 10.2. The van der Waals surface area contributed by atoms with Crippen LogP contribution in [0, 0.1) is 5.92 Å². The first-order chi connectivity index (χ1) is 4.43. The lowest BCUT2D eigenvalue weighted by Gasteiger charge is -2.02. The summed E-state index contributed by atoms with van der Waals surface area (Å²) in [7, 11) is 0. The topological polar surface area (TPSA) is 41.1 Å². The van der Waals surface area contributed by atoms with E-state index in [1.807, 2.05) is 0 Å². The lowest BCUT2D eigenvalue weighted by Crippen LogP contribution is -2.33. The molecular weight excluding hydrogens is 116 g/mol. The van der Waals surface area contributed by atoms with Gasteiger partial charge in [-0.15, -0.1) is 0 Å². The molecule has 0 aromatic rings. The Morgan fingerprint density at radius 3 is 3.11 bits per heavy atom. The molecule has 52 valence electrons. The van der Waals surface area contributed by atoms with Gasteiger partial charge in [0.05, 0.1) is 0 Å². The highest BCUT2D eigenvalue weighted by Gasteiger charge is 2.08. The molecule has 3 heteroatoms. The van der Waals surface area contributed by atoms with Crippen molar-refractivity contribution in [2.75, 3.05) is 13.1 Å². The number of carbonyl (C=O) groups is 1. The van der Waals surface area contributed by atoms with Crippen LogP contribution in [-0.4, -0.2) is 19.4 Å². The second-order valence-corrected chi connectivity index (χ2v) is 2.35. The van der Waals surface area contributed by atoms with Gasteiger partial charge in [0.25, 0.3) is 0 Å². The average Bonchev–Trinajstić information content (AvgIpc) is 2.13. The van der Waals surface area contributed by atoms with E-state index in [9.17, 15) is 4.79 Å². The van der Waals surface area contributed by atoms with Gasteiger partial charge in [0, 0.05) is 19.0 Å². The third-order valence-electron chi connectivity index (χ3n) is 1.56. The molecule has 1 unspecified atom stereocenters. The summed E-state index contributed by atoms with van der Waals surface area (Å²) < 4.78 is 0. The van der Waals surface area contributed by atoms with Crippen LogP contribution < -0.4 is 10.9 Å². The predicted octanol–water partition coefficient (Wildman–Crippen LogP) is -0.311. The summed E-state index contributed by atoms with van der Waals surface area (Å²) in [6.45, 7) is 1.76. The Morgan fingerprint density at radius 2 is 2.33 bits per heavy atom. The average molecular weight is 128 g/mol. The zero-order valence-corrected chi connectivity index (χ0v) is 5.39. The van der Waals surface area contributed by atoms with E-state index >= 15 is 0 Å². The summed E-state index contributed by atoms with van der Waals surface area (Å²) >= 11 is 0. The minimum Gasteiger partial charge on any atom is -0.303 e. The van der Waals surface area contributed by atoms with Gasteiger partial charge < -0.3 is 4.79 Å². The number of aldehydes is 1. The first kappa shape index (κ1) is 6.71. The van der Waals surface area contributed by atoms with Gasteiger partial charge in [0.2, 0.25) is 0 Å². The summed E-state index contributed by atoms with van der Waals surface area (Å²) in [5, 5.41) is 0. The van der Waals surface area contributed by atoms with E-state index in [1.54, 1.807) is 0 Å². The minimum atomic E-state index is 0.222. The Bertz CT molecular complexity index is 87.1. The standard InChI is InChI=1S/C6H12N2O/c9-5-6-2-1-3-7-8-4-6/h5-8H,1-4H2. The molecule has 1 heterocycles. The van der Waals surface area contributed by atoms with E-state index in [2.05, 4.69) is 10.9 Å². The second-order valence-electron chi connectivity index (χ2n) is 2.35. The monoisotopic (exact) mass is 128 g/mol. The maximum Gasteiger partial charge on any atom is 0.124 e. The zero-order valence-electron chi connectivity index (χ0n) is 5.39. The highest BCUT2D eigenvalue weighted by Crippen LogP contribution is 2.02. The molecule has 0 radical (unpaired) electrons. The van der Waals surface area contributed by atoms with Crippen LogP contribution in [0.15, 0.2) is 0 Å². The summed E-state index contributed by atoms with van der Waals surface area (Å²) in [4.78, 5) is 10.2. The van der Waals surface area contributed by atoms with Crippen molar-refractivity contribution in [1.82, 2.24) is 10.9 Å². The van der Waals surface area contributed by atoms with Gasteiger partial charge >= 0.3 is 0 Å². The molecule has 1 rings (SSSR count). The van der Waals surface area contributed by atoms with Crippen molar-refractivity contribution in [2.24, 2.45) is 5.92 Å². The summed E-state index contributed by atoms with van der Waals surface area (Å²) in [6, 6.07) is 0. The number of hydrazine groups is 1. The van der Waals surface area contributed by atoms with Crippen LogP contribution in [0.1, 0.15) is 12.8 Å². The van der Waals surface area contributed by atoms with Gasteiger partial charge in [-0.3, -0.25) is 10.9 Å². The van der Waals surface area contributed by atoms with Crippen LogP contribution in [0.5, 0.6) is 0 Å². The second kappa shape index (κ2) is 3.58. The van der Waals surface area contributed by atoms with Gasteiger partial charge in [0.1, 0.15) is 6.29 Å². The molecular formula is C6H12N2O. The molecule has 3 nitrogen and oxygen atoms in total. The lowest BCUT2D eigenvalue weighted by molar-refractivity contribution is -0.111. The van der Waals surface area contributed by atoms with Crippen molar-refractivity contribution in [1.29, 1.82) is 0 Å². The van der Waals surface area contributed by atoms with Gasteiger partial charge in [-0.25, -0.2) is 0 Å². The Hall–Kier alpha value is -0.410. The maximum atomic E-state index is 10.2. The molecule has 0 aromatic heterocycles. The fraction of sp³-hybridized carbons (Fsp3) is 0.833. The normalized spacial score (nSPS) is 29.1. The van der Waals surface area contributed by atoms with Crippen LogP contribution in [0.2, 0.25) is 0 Å². The fourth-order valence-electron chi connectivity index (χ4n) is 0.963. The highest BCUT2D eigenvalue weighted by molar-refractivity contribution is 5.53. The van der Waals surface area contributed by atoms with Gasteiger partial charge in [0.15, 0.2) is 0 Å². The molecule has 9 heavy (non-hydrogen) atoms. The lowest BCUT2D eigenvalue weighted by atomic mass is 10.1. The van der Waals surface area contributed by atoms with E-state index in [0.717, 1.165) is 32.2 Å². The molecule has 1 atom stereocenters. The smallest absolute Gasteiger partial charge is 0.124 e. The first-order valence-electron chi connectivity index (χ1n) is 3.34. The Kier molecular flexibility index (Phi) is 2.67. The van der Waals surface area contributed by atoms with Gasteiger partial charge in [-0.2, -0.15) is 0 Å². The largest absolute Gasteiger partial charge is 0.303 e. The third-order valence-corrected chi connectivity index (χ3v) is 1.56. The van der Waals surface area contributed by atoms with Crippen molar-refractivity contribution >= 4 is 6.29 Å². The third kappa shape index (κ3) is 2.11. The molecule has 2 N–H and O–H groups in total. The molecule has 1 aliphatic heterocycles. The molecule has 0 bridgehead atoms. The van der Waals surface area contributed by atoms with Crippen LogP contribution in [0.3, 0.4) is 0 Å². The van der Waals surface area contributed by atoms with E-state index in [1.165, 1.54) is 0 Å². The highest BCUT2D eigenvalue weighted by atomic mass is 16.1. The molecule has 1 aliphatic rings. The Balaban J connectivity index is 2.26. The zero-order chi connectivity index (χ0) is 6.53. The number of hydrogen-bond acceptors (Lipinski definition) is 3. The van der Waals surface area contributed by atoms with Crippen LogP contribution in [-0.2, 0) is 4.79 Å². The first-order valence-corrected chi connectivity index (χ1v) is 3.34. The van der Waals surface area contributed by atoms with Crippen LogP contribution in [0.25, 0.3) is 0 Å². The van der Waals surface area contributed by atoms with Crippen LogP contribution >= 0.6 is 0 Å². The number of carbonyl (C=O) groups excluding carboxylic acids is 1. The molecule has 0 saturated carbocycles. The van der Waals surface area contributed by atoms with Gasteiger partial charge in [-0.1, -0.05) is 0 Å². The van der Waals surface area contributed by atoms with Crippen LogP contribution in [0.4, 0.5) is 0 Å². The number of rotatable bonds is 1. The fourth-order valence-corrected chi connectivity index (χ4v) is 0.963. The summed E-state index contributed by atoms with van der Waals surface area (Å²) in [5.74, 6) is 0.222. The van der Waals surface area contributed by atoms with E-state index in [-0.39, 0.29) is 5.92 Å². The molecule has 1 fully saturated rings. The van der Waals surface area contributed by atoms with E-state index < -0.39 is 0 Å². The number of nitrogens with one attached hydrogen (secondary N) is 2. The summed E-state index contributed by atoms with van der Waals surface area (Å²) in [5.41, 5.74) is 5.97. The van der Waals surface area contributed by atoms with Crippen molar-refractivity contribution in [3.63, 3.8) is 0 Å².